The first-order chi connectivity index (χ1) is 12.5. The molecule has 4 nitrogen and oxygen atoms in total. The largest absolute Gasteiger partial charge is 0.433 e. The van der Waals surface area contributed by atoms with Crippen molar-refractivity contribution in [2.75, 3.05) is 11.9 Å². The van der Waals surface area contributed by atoms with Crippen LogP contribution in [0.3, 0.4) is 0 Å². The average Bonchev–Trinajstić information content (AvgIpc) is 3.03. The molecule has 7 heteroatoms. The van der Waals surface area contributed by atoms with E-state index >= 15 is 0 Å². The summed E-state index contributed by atoms with van der Waals surface area (Å²) < 4.78 is 41.2. The van der Waals surface area contributed by atoms with E-state index in [2.05, 4.69) is 15.3 Å². The zero-order valence-electron chi connectivity index (χ0n) is 13.7. The van der Waals surface area contributed by atoms with Crippen molar-refractivity contribution in [3.63, 3.8) is 0 Å². The number of anilines is 1. The highest BCUT2D eigenvalue weighted by Crippen LogP contribution is 2.32. The van der Waals surface area contributed by atoms with Gasteiger partial charge in [0.05, 0.1) is 11.2 Å². The molecule has 0 saturated heterocycles. The summed E-state index contributed by atoms with van der Waals surface area (Å²) in [5, 5.41) is 3.77. The molecule has 4 aromatic rings. The lowest BCUT2D eigenvalue weighted by molar-refractivity contribution is -0.140. The monoisotopic (exact) mass is 356 g/mol. The van der Waals surface area contributed by atoms with Gasteiger partial charge in [0.25, 0.3) is 0 Å². The van der Waals surface area contributed by atoms with Crippen LogP contribution in [0, 0.1) is 0 Å². The molecule has 4 rings (SSSR count). The number of benzene rings is 1. The molecule has 1 aromatic carbocycles. The normalized spacial score (nSPS) is 12.0. The Kier molecular flexibility index (Phi) is 3.99. The first kappa shape index (κ1) is 16.4. The summed E-state index contributed by atoms with van der Waals surface area (Å²) in [5.74, 6) is 0. The van der Waals surface area contributed by atoms with Crippen molar-refractivity contribution < 1.29 is 13.2 Å². The molecule has 0 radical (unpaired) electrons. The van der Waals surface area contributed by atoms with Crippen molar-refractivity contribution in [2.45, 2.75) is 12.6 Å². The Morgan fingerprint density at radius 2 is 1.81 bits per heavy atom. The summed E-state index contributed by atoms with van der Waals surface area (Å²) >= 11 is 0. The molecule has 0 amide bonds. The number of imidazole rings is 1. The molecule has 3 heterocycles. The number of hydrogen-bond donors (Lipinski definition) is 1. The number of pyridine rings is 2. The van der Waals surface area contributed by atoms with E-state index in [1.165, 1.54) is 0 Å². The van der Waals surface area contributed by atoms with Gasteiger partial charge in [0.2, 0.25) is 0 Å². The van der Waals surface area contributed by atoms with Gasteiger partial charge in [-0.05, 0) is 24.3 Å². The van der Waals surface area contributed by atoms with E-state index in [0.29, 0.717) is 29.6 Å². The van der Waals surface area contributed by atoms with Crippen molar-refractivity contribution in [3.05, 3.63) is 72.3 Å². The van der Waals surface area contributed by atoms with Crippen molar-refractivity contribution in [3.8, 4) is 0 Å². The van der Waals surface area contributed by atoms with Gasteiger partial charge in [-0.15, -0.1) is 0 Å². The maximum atomic E-state index is 13.1. The molecule has 132 valence electrons. The highest BCUT2D eigenvalue weighted by atomic mass is 19.4. The Labute approximate surface area is 147 Å². The number of alkyl halides is 3. The molecule has 0 saturated carbocycles. The summed E-state index contributed by atoms with van der Waals surface area (Å²) in [6, 6.07) is 13.6. The molecular formula is C19H15F3N4. The first-order valence-electron chi connectivity index (χ1n) is 8.14. The van der Waals surface area contributed by atoms with Gasteiger partial charge in [0, 0.05) is 36.4 Å². The van der Waals surface area contributed by atoms with Crippen molar-refractivity contribution in [1.29, 1.82) is 0 Å². The molecule has 0 aliphatic carbocycles. The predicted molar refractivity (Wildman–Crippen MR) is 94.1 cm³/mol. The Hall–Kier alpha value is -3.09. The number of hydrogen-bond acceptors (Lipinski definition) is 3. The third kappa shape index (κ3) is 3.20. The van der Waals surface area contributed by atoms with Crippen molar-refractivity contribution in [1.82, 2.24) is 14.4 Å². The van der Waals surface area contributed by atoms with Crippen LogP contribution >= 0.6 is 0 Å². The lowest BCUT2D eigenvalue weighted by Crippen LogP contribution is -2.11. The quantitative estimate of drug-likeness (QED) is 0.583. The second-order valence-corrected chi connectivity index (χ2v) is 5.95. The highest BCUT2D eigenvalue weighted by Gasteiger charge is 2.33. The molecule has 0 spiro atoms. The fourth-order valence-corrected chi connectivity index (χ4v) is 2.90. The van der Waals surface area contributed by atoms with Crippen LogP contribution in [0.5, 0.6) is 0 Å². The molecule has 26 heavy (non-hydrogen) atoms. The van der Waals surface area contributed by atoms with E-state index in [4.69, 9.17) is 0 Å². The smallest absolute Gasteiger partial charge is 0.384 e. The van der Waals surface area contributed by atoms with E-state index in [0.717, 1.165) is 17.4 Å². The second-order valence-electron chi connectivity index (χ2n) is 5.95. The van der Waals surface area contributed by atoms with Crippen LogP contribution in [0.15, 0.2) is 60.9 Å². The van der Waals surface area contributed by atoms with Crippen molar-refractivity contribution >= 4 is 22.2 Å². The van der Waals surface area contributed by atoms with Crippen LogP contribution in [0.2, 0.25) is 0 Å². The molecule has 3 aromatic heterocycles. The summed E-state index contributed by atoms with van der Waals surface area (Å²) in [7, 11) is 0. The van der Waals surface area contributed by atoms with E-state index in [-0.39, 0.29) is 0 Å². The molecule has 1 N–H and O–H groups in total. The highest BCUT2D eigenvalue weighted by molar-refractivity contribution is 5.91. The van der Waals surface area contributed by atoms with Gasteiger partial charge in [-0.25, -0.2) is 9.97 Å². The second kappa shape index (κ2) is 6.33. The van der Waals surface area contributed by atoms with E-state index < -0.39 is 11.9 Å². The summed E-state index contributed by atoms with van der Waals surface area (Å²) in [4.78, 5) is 8.22. The molecule has 0 unspecified atom stereocenters. The summed E-state index contributed by atoms with van der Waals surface area (Å²) in [6.45, 7) is 0.467. The SMILES string of the molecule is FC(F)(F)c1cc(NCCc2cn3ccccc3n2)c2ccccc2n1. The van der Waals surface area contributed by atoms with Crippen LogP contribution in [0.25, 0.3) is 16.6 Å². The summed E-state index contributed by atoms with van der Waals surface area (Å²) in [6.07, 6.45) is -0.0597. The molecule has 0 aliphatic rings. The Bertz CT molecular complexity index is 1040. The standard InChI is InChI=1S/C19H15F3N4/c20-19(21,22)17-11-16(14-5-1-2-6-15(14)25-17)23-9-8-13-12-26-10-4-3-7-18(26)24-13/h1-7,10-12H,8-9H2,(H,23,25). The molecule has 0 atom stereocenters. The Morgan fingerprint density at radius 1 is 1.00 bits per heavy atom. The molecule has 0 fully saturated rings. The third-order valence-electron chi connectivity index (χ3n) is 4.12. The topological polar surface area (TPSA) is 42.2 Å². The minimum atomic E-state index is -4.48. The van der Waals surface area contributed by atoms with Gasteiger partial charge < -0.3 is 9.72 Å². The average molecular weight is 356 g/mol. The van der Waals surface area contributed by atoms with Gasteiger partial charge in [-0.1, -0.05) is 24.3 Å². The number of nitrogens with zero attached hydrogens (tertiary/aromatic N) is 3. The lowest BCUT2D eigenvalue weighted by Gasteiger charge is -2.13. The number of halogens is 3. The van der Waals surface area contributed by atoms with Crippen LogP contribution in [-0.4, -0.2) is 20.9 Å². The van der Waals surface area contributed by atoms with Gasteiger partial charge in [-0.3, -0.25) is 0 Å². The summed E-state index contributed by atoms with van der Waals surface area (Å²) in [5.41, 5.74) is 1.56. The zero-order chi connectivity index (χ0) is 18.1. The van der Waals surface area contributed by atoms with E-state index in [9.17, 15) is 13.2 Å². The van der Waals surface area contributed by atoms with Crippen LogP contribution in [-0.2, 0) is 12.6 Å². The molecule has 0 bridgehead atoms. The van der Waals surface area contributed by atoms with Crippen LogP contribution in [0.4, 0.5) is 18.9 Å². The fourth-order valence-electron chi connectivity index (χ4n) is 2.90. The maximum Gasteiger partial charge on any atom is 0.433 e. The predicted octanol–water partition coefficient (Wildman–Crippen LogP) is 4.56. The first-order valence-corrected chi connectivity index (χ1v) is 8.14. The minimum Gasteiger partial charge on any atom is -0.384 e. The Balaban J connectivity index is 1.58. The van der Waals surface area contributed by atoms with Crippen LogP contribution < -0.4 is 5.32 Å². The molecule has 0 aliphatic heterocycles. The maximum absolute atomic E-state index is 13.1. The van der Waals surface area contributed by atoms with E-state index in [1.807, 2.05) is 35.0 Å². The van der Waals surface area contributed by atoms with Crippen molar-refractivity contribution in [2.24, 2.45) is 0 Å². The fraction of sp³-hybridized carbons (Fsp3) is 0.158. The lowest BCUT2D eigenvalue weighted by atomic mass is 10.1. The van der Waals surface area contributed by atoms with Gasteiger partial charge in [0.15, 0.2) is 0 Å². The van der Waals surface area contributed by atoms with Gasteiger partial charge in [-0.2, -0.15) is 13.2 Å². The molecular weight excluding hydrogens is 341 g/mol. The number of rotatable bonds is 4. The number of nitrogens with one attached hydrogen (secondary N) is 1. The minimum absolute atomic E-state index is 0.317. The Morgan fingerprint density at radius 3 is 2.62 bits per heavy atom. The van der Waals surface area contributed by atoms with Gasteiger partial charge in [0.1, 0.15) is 11.3 Å². The number of fused-ring (bicyclic) bond motifs is 2. The number of para-hydroxylation sites is 1. The number of aromatic nitrogens is 3. The zero-order valence-corrected chi connectivity index (χ0v) is 13.7. The van der Waals surface area contributed by atoms with E-state index in [1.54, 1.807) is 24.3 Å². The van der Waals surface area contributed by atoms with Crippen LogP contribution in [0.1, 0.15) is 11.4 Å². The van der Waals surface area contributed by atoms with Gasteiger partial charge >= 0.3 is 6.18 Å². The third-order valence-corrected chi connectivity index (χ3v) is 4.12.